The molecule has 1 aliphatic heterocycles. The third-order valence-corrected chi connectivity index (χ3v) is 2.92. The number of aromatic nitrogens is 2. The van der Waals surface area contributed by atoms with Crippen LogP contribution in [0.2, 0.25) is 0 Å². The average Bonchev–Trinajstić information content (AvgIpc) is 2.78. The van der Waals surface area contributed by atoms with Gasteiger partial charge in [-0.1, -0.05) is 13.8 Å². The number of anilines is 1. The summed E-state index contributed by atoms with van der Waals surface area (Å²) in [6.07, 6.45) is 2.66. The number of hydrogen-bond acceptors (Lipinski definition) is 4. The Bertz CT molecular complexity index is 373. The molecule has 0 saturated carbocycles. The molecule has 1 aromatic heterocycles. The van der Waals surface area contributed by atoms with Crippen molar-refractivity contribution in [3.63, 3.8) is 0 Å². The van der Waals surface area contributed by atoms with Gasteiger partial charge in [0.15, 0.2) is 0 Å². The normalized spacial score (nSPS) is 19.9. The Kier molecular flexibility index (Phi) is 3.94. The van der Waals surface area contributed by atoms with Crippen LogP contribution in [0.5, 0.6) is 0 Å². The maximum absolute atomic E-state index is 5.58. The minimum absolute atomic E-state index is 0.341. The van der Waals surface area contributed by atoms with Gasteiger partial charge in [0.2, 0.25) is 0 Å². The summed E-state index contributed by atoms with van der Waals surface area (Å²) >= 11 is 0. The van der Waals surface area contributed by atoms with E-state index < -0.39 is 0 Å². The van der Waals surface area contributed by atoms with Gasteiger partial charge in [-0.25, -0.2) is 9.97 Å². The van der Waals surface area contributed by atoms with Crippen molar-refractivity contribution in [2.45, 2.75) is 45.6 Å². The van der Waals surface area contributed by atoms with Gasteiger partial charge in [-0.2, -0.15) is 0 Å². The fourth-order valence-corrected chi connectivity index (χ4v) is 1.96. The first-order chi connectivity index (χ1) is 8.15. The minimum atomic E-state index is 0.341. The lowest BCUT2D eigenvalue weighted by Crippen LogP contribution is -2.19. The number of ether oxygens (including phenoxy) is 1. The number of aryl methyl sites for hydroxylation is 1. The molecule has 1 aliphatic rings. The van der Waals surface area contributed by atoms with Crippen LogP contribution in [0.1, 0.15) is 44.1 Å². The van der Waals surface area contributed by atoms with Crippen LogP contribution >= 0.6 is 0 Å². The number of hydrogen-bond donors (Lipinski definition) is 1. The molecule has 0 spiro atoms. The highest BCUT2D eigenvalue weighted by Gasteiger charge is 2.15. The molecular formula is C13H21N3O. The van der Waals surface area contributed by atoms with E-state index in [0.29, 0.717) is 12.0 Å². The molecule has 1 atom stereocenters. The minimum Gasteiger partial charge on any atom is -0.376 e. The molecule has 1 aromatic rings. The predicted octanol–water partition coefficient (Wildman–Crippen LogP) is 2.50. The number of nitrogens with one attached hydrogen (secondary N) is 1. The van der Waals surface area contributed by atoms with Crippen LogP contribution < -0.4 is 5.32 Å². The third-order valence-electron chi connectivity index (χ3n) is 2.92. The number of nitrogens with zero attached hydrogens (tertiary/aromatic N) is 2. The molecule has 17 heavy (non-hydrogen) atoms. The maximum Gasteiger partial charge on any atom is 0.133 e. The highest BCUT2D eigenvalue weighted by Crippen LogP contribution is 2.16. The van der Waals surface area contributed by atoms with Gasteiger partial charge in [-0.15, -0.1) is 0 Å². The van der Waals surface area contributed by atoms with Gasteiger partial charge in [0.05, 0.1) is 6.10 Å². The lowest BCUT2D eigenvalue weighted by atomic mass is 10.2. The molecule has 94 valence electrons. The Hall–Kier alpha value is -1.16. The molecule has 1 fully saturated rings. The van der Waals surface area contributed by atoms with Crippen molar-refractivity contribution >= 4 is 5.82 Å². The van der Waals surface area contributed by atoms with E-state index >= 15 is 0 Å². The second-order valence-corrected chi connectivity index (χ2v) is 4.92. The molecule has 0 amide bonds. The first kappa shape index (κ1) is 12.3. The second-order valence-electron chi connectivity index (χ2n) is 4.92. The molecule has 0 aliphatic carbocycles. The van der Waals surface area contributed by atoms with Gasteiger partial charge in [-0.05, 0) is 19.8 Å². The lowest BCUT2D eigenvalue weighted by molar-refractivity contribution is 0.120. The van der Waals surface area contributed by atoms with Crippen LogP contribution in [-0.4, -0.2) is 29.2 Å². The van der Waals surface area contributed by atoms with Crippen molar-refractivity contribution in [1.29, 1.82) is 0 Å². The topological polar surface area (TPSA) is 47.0 Å². The van der Waals surface area contributed by atoms with E-state index in [1.54, 1.807) is 0 Å². The van der Waals surface area contributed by atoms with E-state index in [-0.39, 0.29) is 0 Å². The Labute approximate surface area is 103 Å². The Balaban J connectivity index is 1.99. The lowest BCUT2D eigenvalue weighted by Gasteiger charge is -2.13. The van der Waals surface area contributed by atoms with Gasteiger partial charge in [0.1, 0.15) is 11.6 Å². The van der Waals surface area contributed by atoms with Crippen LogP contribution in [0.25, 0.3) is 0 Å². The van der Waals surface area contributed by atoms with E-state index in [9.17, 15) is 0 Å². The van der Waals surface area contributed by atoms with E-state index in [2.05, 4.69) is 29.1 Å². The standard InChI is InChI=1S/C13H21N3O/c1-9(2)13-15-10(3)7-12(16-13)14-8-11-5-4-6-17-11/h7,9,11H,4-6,8H2,1-3H3,(H,14,15,16). The molecule has 0 radical (unpaired) electrons. The summed E-state index contributed by atoms with van der Waals surface area (Å²) in [5.41, 5.74) is 1.01. The summed E-state index contributed by atoms with van der Waals surface area (Å²) in [5, 5.41) is 3.35. The first-order valence-corrected chi connectivity index (χ1v) is 6.36. The zero-order valence-electron chi connectivity index (χ0n) is 10.9. The zero-order chi connectivity index (χ0) is 12.3. The fourth-order valence-electron chi connectivity index (χ4n) is 1.96. The average molecular weight is 235 g/mol. The van der Waals surface area contributed by atoms with Gasteiger partial charge < -0.3 is 10.1 Å². The van der Waals surface area contributed by atoms with Crippen LogP contribution in [0.3, 0.4) is 0 Å². The van der Waals surface area contributed by atoms with Crippen molar-refractivity contribution in [2.75, 3.05) is 18.5 Å². The summed E-state index contributed by atoms with van der Waals surface area (Å²) in [4.78, 5) is 8.95. The molecule has 1 N–H and O–H groups in total. The Morgan fingerprint density at radius 2 is 2.29 bits per heavy atom. The highest BCUT2D eigenvalue weighted by molar-refractivity contribution is 5.36. The van der Waals surface area contributed by atoms with Crippen molar-refractivity contribution in [3.05, 3.63) is 17.6 Å². The van der Waals surface area contributed by atoms with E-state index in [0.717, 1.165) is 36.9 Å². The molecular weight excluding hydrogens is 214 g/mol. The van der Waals surface area contributed by atoms with Gasteiger partial charge in [-0.3, -0.25) is 0 Å². The molecule has 4 heteroatoms. The summed E-state index contributed by atoms with van der Waals surface area (Å²) in [6.45, 7) is 7.96. The predicted molar refractivity (Wildman–Crippen MR) is 68.3 cm³/mol. The van der Waals surface area contributed by atoms with E-state index in [4.69, 9.17) is 4.74 Å². The van der Waals surface area contributed by atoms with Gasteiger partial charge in [0.25, 0.3) is 0 Å². The van der Waals surface area contributed by atoms with Gasteiger partial charge in [0, 0.05) is 30.8 Å². The molecule has 2 heterocycles. The van der Waals surface area contributed by atoms with Crippen molar-refractivity contribution < 1.29 is 4.74 Å². The van der Waals surface area contributed by atoms with Crippen molar-refractivity contribution in [3.8, 4) is 0 Å². The molecule has 4 nitrogen and oxygen atoms in total. The zero-order valence-corrected chi connectivity index (χ0v) is 10.9. The molecule has 2 rings (SSSR count). The summed E-state index contributed by atoms with van der Waals surface area (Å²) in [6, 6.07) is 1.99. The highest BCUT2D eigenvalue weighted by atomic mass is 16.5. The molecule has 0 bridgehead atoms. The molecule has 1 saturated heterocycles. The fraction of sp³-hybridized carbons (Fsp3) is 0.692. The van der Waals surface area contributed by atoms with Crippen LogP contribution in [0.15, 0.2) is 6.07 Å². The maximum atomic E-state index is 5.58. The monoisotopic (exact) mass is 235 g/mol. The smallest absolute Gasteiger partial charge is 0.133 e. The summed E-state index contributed by atoms with van der Waals surface area (Å²) in [5.74, 6) is 2.18. The quantitative estimate of drug-likeness (QED) is 0.871. The largest absolute Gasteiger partial charge is 0.376 e. The van der Waals surface area contributed by atoms with E-state index in [1.807, 2.05) is 13.0 Å². The summed E-state index contributed by atoms with van der Waals surface area (Å²) in [7, 11) is 0. The SMILES string of the molecule is Cc1cc(NCC2CCCO2)nc(C(C)C)n1. The van der Waals surface area contributed by atoms with E-state index in [1.165, 1.54) is 6.42 Å². The number of rotatable bonds is 4. The van der Waals surface area contributed by atoms with Crippen LogP contribution in [0, 0.1) is 6.92 Å². The second kappa shape index (κ2) is 5.45. The molecule has 1 unspecified atom stereocenters. The van der Waals surface area contributed by atoms with Crippen molar-refractivity contribution in [2.24, 2.45) is 0 Å². The van der Waals surface area contributed by atoms with Crippen LogP contribution in [-0.2, 0) is 4.74 Å². The van der Waals surface area contributed by atoms with Crippen LogP contribution in [0.4, 0.5) is 5.82 Å². The molecule has 0 aromatic carbocycles. The third kappa shape index (κ3) is 3.40. The first-order valence-electron chi connectivity index (χ1n) is 6.36. The Morgan fingerprint density at radius 1 is 1.47 bits per heavy atom. The Morgan fingerprint density at radius 3 is 2.94 bits per heavy atom. The van der Waals surface area contributed by atoms with Crippen molar-refractivity contribution in [1.82, 2.24) is 9.97 Å². The van der Waals surface area contributed by atoms with Gasteiger partial charge >= 0.3 is 0 Å². The summed E-state index contributed by atoms with van der Waals surface area (Å²) < 4.78 is 5.58.